The van der Waals surface area contributed by atoms with E-state index in [0.29, 0.717) is 17.2 Å². The normalized spacial score (nSPS) is 18.2. The molecular weight excluding hydrogens is 406 g/mol. The number of benzene rings is 2. The van der Waals surface area contributed by atoms with Gasteiger partial charge in [0.1, 0.15) is 11.8 Å². The SMILES string of the molecule is CCc1ccc(/C(O)=C2/C(=O)C(=O)N(c3ccc(C(C)C)cc3)C2c2cccs2)cc1. The number of carbonyl (C=O) groups is 2. The summed E-state index contributed by atoms with van der Waals surface area (Å²) in [4.78, 5) is 28.6. The summed E-state index contributed by atoms with van der Waals surface area (Å²) in [7, 11) is 0. The van der Waals surface area contributed by atoms with Crippen LogP contribution < -0.4 is 4.90 Å². The van der Waals surface area contributed by atoms with Crippen molar-refractivity contribution in [2.45, 2.75) is 39.2 Å². The zero-order valence-electron chi connectivity index (χ0n) is 17.8. The van der Waals surface area contributed by atoms with Crippen molar-refractivity contribution < 1.29 is 14.7 Å². The standard InChI is InChI=1S/C26H25NO3S/c1-4-17-7-9-19(10-8-17)24(28)22-23(21-6-5-15-31-21)27(26(30)25(22)29)20-13-11-18(12-14-20)16(2)3/h5-16,23,28H,4H2,1-3H3/b24-22-. The molecule has 0 spiro atoms. The highest BCUT2D eigenvalue weighted by atomic mass is 32.1. The van der Waals surface area contributed by atoms with E-state index in [4.69, 9.17) is 0 Å². The largest absolute Gasteiger partial charge is 0.507 e. The Labute approximate surface area is 186 Å². The molecule has 1 fully saturated rings. The predicted molar refractivity (Wildman–Crippen MR) is 125 cm³/mol. The van der Waals surface area contributed by atoms with Crippen molar-refractivity contribution in [1.29, 1.82) is 0 Å². The van der Waals surface area contributed by atoms with Crippen LogP contribution in [0, 0.1) is 0 Å². The predicted octanol–water partition coefficient (Wildman–Crippen LogP) is 6.06. The molecule has 0 bridgehead atoms. The van der Waals surface area contributed by atoms with Crippen LogP contribution in [0.3, 0.4) is 0 Å². The van der Waals surface area contributed by atoms with Gasteiger partial charge in [0.25, 0.3) is 11.7 Å². The number of amides is 1. The number of aryl methyl sites for hydroxylation is 1. The lowest BCUT2D eigenvalue weighted by molar-refractivity contribution is -0.132. The minimum absolute atomic E-state index is 0.129. The number of rotatable bonds is 5. The molecule has 1 aromatic heterocycles. The molecule has 0 radical (unpaired) electrons. The van der Waals surface area contributed by atoms with Crippen LogP contribution in [0.25, 0.3) is 5.76 Å². The third kappa shape index (κ3) is 3.81. The third-order valence-electron chi connectivity index (χ3n) is 5.73. The maximum atomic E-state index is 13.1. The molecule has 1 saturated heterocycles. The number of anilines is 1. The maximum absolute atomic E-state index is 13.1. The highest BCUT2D eigenvalue weighted by molar-refractivity contribution is 7.10. The fourth-order valence-electron chi connectivity index (χ4n) is 3.89. The Morgan fingerprint density at radius 3 is 2.26 bits per heavy atom. The summed E-state index contributed by atoms with van der Waals surface area (Å²) in [5.74, 6) is -1.06. The van der Waals surface area contributed by atoms with E-state index < -0.39 is 17.7 Å². The summed E-state index contributed by atoms with van der Waals surface area (Å²) >= 11 is 1.46. The van der Waals surface area contributed by atoms with Crippen molar-refractivity contribution in [1.82, 2.24) is 0 Å². The number of hydrogen-bond donors (Lipinski definition) is 1. The number of carbonyl (C=O) groups excluding carboxylic acids is 2. The Morgan fingerprint density at radius 1 is 1.03 bits per heavy atom. The molecule has 0 saturated carbocycles. The van der Waals surface area contributed by atoms with Gasteiger partial charge in [-0.25, -0.2) is 0 Å². The van der Waals surface area contributed by atoms with Gasteiger partial charge in [-0.15, -0.1) is 11.3 Å². The minimum Gasteiger partial charge on any atom is -0.507 e. The van der Waals surface area contributed by atoms with Gasteiger partial charge in [-0.3, -0.25) is 14.5 Å². The lowest BCUT2D eigenvalue weighted by Crippen LogP contribution is -2.29. The Kier molecular flexibility index (Phi) is 5.79. The summed E-state index contributed by atoms with van der Waals surface area (Å²) in [5.41, 5.74) is 3.60. The lowest BCUT2D eigenvalue weighted by atomic mass is 9.98. The van der Waals surface area contributed by atoms with E-state index in [1.54, 1.807) is 12.1 Å². The molecule has 3 aromatic rings. The first kappa shape index (κ1) is 21.1. The molecule has 1 N–H and O–H groups in total. The van der Waals surface area contributed by atoms with Gasteiger partial charge in [0.2, 0.25) is 0 Å². The molecule has 31 heavy (non-hydrogen) atoms. The molecule has 0 aliphatic carbocycles. The fraction of sp³-hybridized carbons (Fsp3) is 0.231. The second-order valence-electron chi connectivity index (χ2n) is 7.98. The van der Waals surface area contributed by atoms with Crippen LogP contribution in [-0.2, 0) is 16.0 Å². The van der Waals surface area contributed by atoms with Crippen LogP contribution in [-0.4, -0.2) is 16.8 Å². The minimum atomic E-state index is -0.664. The first-order valence-corrected chi connectivity index (χ1v) is 11.3. The summed E-state index contributed by atoms with van der Waals surface area (Å²) in [6.07, 6.45) is 0.882. The molecule has 1 aliphatic rings. The van der Waals surface area contributed by atoms with E-state index >= 15 is 0 Å². The zero-order chi connectivity index (χ0) is 22.1. The number of aliphatic hydroxyl groups is 1. The van der Waals surface area contributed by atoms with Crippen LogP contribution in [0.1, 0.15) is 54.3 Å². The summed E-state index contributed by atoms with van der Waals surface area (Å²) in [5, 5.41) is 13.0. The van der Waals surface area contributed by atoms with Gasteiger partial charge >= 0.3 is 0 Å². The van der Waals surface area contributed by atoms with Gasteiger partial charge in [0.15, 0.2) is 0 Å². The highest BCUT2D eigenvalue weighted by Crippen LogP contribution is 2.43. The molecule has 5 heteroatoms. The van der Waals surface area contributed by atoms with E-state index in [1.165, 1.54) is 16.2 Å². The summed E-state index contributed by atoms with van der Waals surface area (Å²) in [6, 6.07) is 18.3. The zero-order valence-corrected chi connectivity index (χ0v) is 18.6. The number of ketones is 1. The third-order valence-corrected chi connectivity index (χ3v) is 6.66. The summed E-state index contributed by atoms with van der Waals surface area (Å²) < 4.78 is 0. The van der Waals surface area contributed by atoms with Gasteiger partial charge in [-0.2, -0.15) is 0 Å². The van der Waals surface area contributed by atoms with Crippen molar-refractivity contribution in [2.24, 2.45) is 0 Å². The lowest BCUT2D eigenvalue weighted by Gasteiger charge is -2.24. The first-order chi connectivity index (χ1) is 14.9. The summed E-state index contributed by atoms with van der Waals surface area (Å²) in [6.45, 7) is 6.27. The Morgan fingerprint density at radius 2 is 1.71 bits per heavy atom. The number of nitrogens with zero attached hydrogens (tertiary/aromatic N) is 1. The van der Waals surface area contributed by atoms with E-state index in [-0.39, 0.29) is 11.3 Å². The molecular formula is C26H25NO3S. The van der Waals surface area contributed by atoms with E-state index in [2.05, 4.69) is 20.8 Å². The molecule has 2 aromatic carbocycles. The Bertz CT molecular complexity index is 1130. The fourth-order valence-corrected chi connectivity index (χ4v) is 4.71. The highest BCUT2D eigenvalue weighted by Gasteiger charge is 2.47. The molecule has 158 valence electrons. The average molecular weight is 432 g/mol. The number of hydrogen-bond acceptors (Lipinski definition) is 4. The van der Waals surface area contributed by atoms with Crippen LogP contribution in [0.15, 0.2) is 71.6 Å². The molecule has 1 unspecified atom stereocenters. The average Bonchev–Trinajstić information content (AvgIpc) is 3.40. The Hall–Kier alpha value is -3.18. The van der Waals surface area contributed by atoms with Crippen molar-refractivity contribution in [2.75, 3.05) is 4.90 Å². The van der Waals surface area contributed by atoms with Crippen molar-refractivity contribution >= 4 is 34.5 Å². The van der Waals surface area contributed by atoms with Gasteiger partial charge < -0.3 is 5.11 Å². The van der Waals surface area contributed by atoms with Gasteiger partial charge in [0.05, 0.1) is 5.57 Å². The second-order valence-corrected chi connectivity index (χ2v) is 8.96. The molecule has 4 nitrogen and oxygen atoms in total. The van der Waals surface area contributed by atoms with Gasteiger partial charge in [0, 0.05) is 16.1 Å². The van der Waals surface area contributed by atoms with E-state index in [1.807, 2.05) is 53.9 Å². The van der Waals surface area contributed by atoms with Crippen LogP contribution in [0.4, 0.5) is 5.69 Å². The molecule has 4 rings (SSSR count). The first-order valence-electron chi connectivity index (χ1n) is 10.5. The topological polar surface area (TPSA) is 57.6 Å². The van der Waals surface area contributed by atoms with Crippen LogP contribution in [0.5, 0.6) is 0 Å². The van der Waals surface area contributed by atoms with Gasteiger partial charge in [-0.05, 0) is 47.0 Å². The molecule has 1 atom stereocenters. The number of aliphatic hydroxyl groups excluding tert-OH is 1. The van der Waals surface area contributed by atoms with Crippen molar-refractivity contribution in [3.8, 4) is 0 Å². The maximum Gasteiger partial charge on any atom is 0.300 e. The number of Topliss-reactive ketones (excluding diaryl/α,β-unsaturated/α-hetero) is 1. The number of thiophene rings is 1. The van der Waals surface area contributed by atoms with E-state index in [0.717, 1.165) is 22.4 Å². The van der Waals surface area contributed by atoms with E-state index in [9.17, 15) is 14.7 Å². The quantitative estimate of drug-likeness (QED) is 0.303. The second kappa shape index (κ2) is 8.52. The van der Waals surface area contributed by atoms with Gasteiger partial charge in [-0.1, -0.05) is 63.2 Å². The molecule has 1 amide bonds. The molecule has 1 aliphatic heterocycles. The van der Waals surface area contributed by atoms with Crippen molar-refractivity contribution in [3.05, 3.63) is 93.2 Å². The molecule has 2 heterocycles. The van der Waals surface area contributed by atoms with Crippen LogP contribution in [0.2, 0.25) is 0 Å². The monoisotopic (exact) mass is 431 g/mol. The smallest absolute Gasteiger partial charge is 0.300 e. The van der Waals surface area contributed by atoms with Crippen molar-refractivity contribution in [3.63, 3.8) is 0 Å². The van der Waals surface area contributed by atoms with Crippen LogP contribution >= 0.6 is 11.3 Å². The Balaban J connectivity index is 1.85.